The molecule has 0 saturated carbocycles. The average molecular weight is 540 g/mol. The molecule has 0 unspecified atom stereocenters. The van der Waals surface area contributed by atoms with Gasteiger partial charge in [0.1, 0.15) is 5.82 Å². The molecule has 3 aromatic rings. The lowest BCUT2D eigenvalue weighted by Crippen LogP contribution is -2.30. The maximum absolute atomic E-state index is 12.2. The second-order valence-electron chi connectivity index (χ2n) is 9.39. The number of likely N-dealkylation sites (tertiary alicyclic amines) is 1. The van der Waals surface area contributed by atoms with E-state index in [1.807, 2.05) is 29.2 Å². The summed E-state index contributed by atoms with van der Waals surface area (Å²) in [6, 6.07) is 16.2. The molecule has 1 fully saturated rings. The van der Waals surface area contributed by atoms with Crippen LogP contribution in [0.25, 0.3) is 5.69 Å². The van der Waals surface area contributed by atoms with E-state index in [9.17, 15) is 9.59 Å². The van der Waals surface area contributed by atoms with E-state index in [2.05, 4.69) is 51.3 Å². The summed E-state index contributed by atoms with van der Waals surface area (Å²) in [7, 11) is 0. The zero-order chi connectivity index (χ0) is 26.0. The van der Waals surface area contributed by atoms with Crippen LogP contribution < -0.4 is 5.32 Å². The molecule has 0 spiro atoms. The van der Waals surface area contributed by atoms with Crippen LogP contribution in [0.2, 0.25) is 5.02 Å². The lowest BCUT2D eigenvalue weighted by Gasteiger charge is -2.15. The lowest BCUT2D eigenvalue weighted by atomic mass is 10.1. The van der Waals surface area contributed by atoms with Crippen molar-refractivity contribution in [2.24, 2.45) is 0 Å². The standard InChI is InChI=1S/C28H34ClN5O2S/c1-21-8-4-9-22(18-21)20-37-28-32-31-25(34(28)24-11-5-10-23(29)19-24)12-2-3-13-26(35)30-15-7-17-33-16-6-14-27(33)36/h4-5,8-11,18-19H,2-3,6-7,12-17,20H2,1H3,(H,30,35). The number of carbonyl (C=O) groups is 2. The van der Waals surface area contributed by atoms with Crippen molar-refractivity contribution in [2.45, 2.75) is 62.8 Å². The van der Waals surface area contributed by atoms with E-state index in [1.54, 1.807) is 11.8 Å². The number of benzene rings is 2. The first-order valence-electron chi connectivity index (χ1n) is 12.9. The van der Waals surface area contributed by atoms with Crippen LogP contribution >= 0.6 is 23.4 Å². The Morgan fingerprint density at radius 1 is 1.11 bits per heavy atom. The molecule has 1 saturated heterocycles. The number of aryl methyl sites for hydroxylation is 2. The van der Waals surface area contributed by atoms with Crippen molar-refractivity contribution in [1.82, 2.24) is 25.0 Å². The van der Waals surface area contributed by atoms with E-state index in [4.69, 9.17) is 11.6 Å². The van der Waals surface area contributed by atoms with Crippen LogP contribution in [0.5, 0.6) is 0 Å². The van der Waals surface area contributed by atoms with Crippen LogP contribution in [0, 0.1) is 6.92 Å². The minimum atomic E-state index is 0.0541. The molecular formula is C28H34ClN5O2S. The highest BCUT2D eigenvalue weighted by atomic mass is 35.5. The van der Waals surface area contributed by atoms with E-state index >= 15 is 0 Å². The van der Waals surface area contributed by atoms with Gasteiger partial charge in [-0.25, -0.2) is 0 Å². The van der Waals surface area contributed by atoms with Gasteiger partial charge in [0.15, 0.2) is 5.16 Å². The molecule has 1 N–H and O–H groups in total. The summed E-state index contributed by atoms with van der Waals surface area (Å²) in [5, 5.41) is 13.4. The quantitative estimate of drug-likeness (QED) is 0.233. The molecule has 4 rings (SSSR count). The van der Waals surface area contributed by atoms with Gasteiger partial charge in [0.25, 0.3) is 0 Å². The molecule has 2 amide bonds. The minimum absolute atomic E-state index is 0.0541. The van der Waals surface area contributed by atoms with Gasteiger partial charge < -0.3 is 10.2 Å². The summed E-state index contributed by atoms with van der Waals surface area (Å²) in [6.45, 7) is 4.27. The van der Waals surface area contributed by atoms with Crippen molar-refractivity contribution in [1.29, 1.82) is 0 Å². The van der Waals surface area contributed by atoms with Crippen molar-refractivity contribution in [3.63, 3.8) is 0 Å². The first-order valence-corrected chi connectivity index (χ1v) is 14.3. The Kier molecular flexibility index (Phi) is 10.0. The maximum Gasteiger partial charge on any atom is 0.222 e. The van der Waals surface area contributed by atoms with Gasteiger partial charge in [-0.1, -0.05) is 59.3 Å². The van der Waals surface area contributed by atoms with Crippen LogP contribution in [-0.2, 0) is 21.8 Å². The Hall–Kier alpha value is -2.84. The van der Waals surface area contributed by atoms with Crippen molar-refractivity contribution in [3.05, 3.63) is 70.5 Å². The summed E-state index contributed by atoms with van der Waals surface area (Å²) >= 11 is 7.94. The molecule has 7 nitrogen and oxygen atoms in total. The molecule has 1 aliphatic heterocycles. The van der Waals surface area contributed by atoms with Gasteiger partial charge in [-0.05, 0) is 56.4 Å². The third-order valence-corrected chi connectivity index (χ3v) is 7.60. The van der Waals surface area contributed by atoms with Gasteiger partial charge in [-0.3, -0.25) is 14.2 Å². The molecule has 196 valence electrons. The smallest absolute Gasteiger partial charge is 0.222 e. The molecule has 1 aromatic heterocycles. The Bertz CT molecular complexity index is 1210. The normalized spacial score (nSPS) is 13.4. The fraction of sp³-hybridized carbons (Fsp3) is 0.429. The number of thioether (sulfide) groups is 1. The summed E-state index contributed by atoms with van der Waals surface area (Å²) in [6.07, 6.45) is 5.19. The molecule has 0 aliphatic carbocycles. The third-order valence-electron chi connectivity index (χ3n) is 6.37. The van der Waals surface area contributed by atoms with Crippen LogP contribution in [0.1, 0.15) is 55.5 Å². The Morgan fingerprint density at radius 2 is 1.97 bits per heavy atom. The zero-order valence-electron chi connectivity index (χ0n) is 21.3. The number of hydrogen-bond donors (Lipinski definition) is 1. The average Bonchev–Trinajstić information content (AvgIpc) is 3.48. The van der Waals surface area contributed by atoms with E-state index < -0.39 is 0 Å². The van der Waals surface area contributed by atoms with E-state index in [1.165, 1.54) is 11.1 Å². The van der Waals surface area contributed by atoms with Crippen LogP contribution in [0.4, 0.5) is 0 Å². The predicted octanol–water partition coefficient (Wildman–Crippen LogP) is 5.36. The highest BCUT2D eigenvalue weighted by Crippen LogP contribution is 2.27. The number of hydrogen-bond acceptors (Lipinski definition) is 5. The van der Waals surface area contributed by atoms with Crippen molar-refractivity contribution >= 4 is 35.2 Å². The number of rotatable bonds is 13. The summed E-state index contributed by atoms with van der Waals surface area (Å²) in [5.74, 6) is 1.95. The Balaban J connectivity index is 1.28. The molecule has 9 heteroatoms. The Labute approximate surface area is 228 Å². The molecule has 37 heavy (non-hydrogen) atoms. The van der Waals surface area contributed by atoms with Crippen LogP contribution in [0.15, 0.2) is 53.7 Å². The minimum Gasteiger partial charge on any atom is -0.356 e. The predicted molar refractivity (Wildman–Crippen MR) is 148 cm³/mol. The fourth-order valence-corrected chi connectivity index (χ4v) is 5.57. The summed E-state index contributed by atoms with van der Waals surface area (Å²) in [4.78, 5) is 25.8. The number of carbonyl (C=O) groups excluding carboxylic acids is 2. The fourth-order valence-electron chi connectivity index (χ4n) is 4.48. The van der Waals surface area contributed by atoms with Crippen LogP contribution in [-0.4, -0.2) is 51.1 Å². The zero-order valence-corrected chi connectivity index (χ0v) is 22.9. The molecule has 0 radical (unpaired) electrons. The summed E-state index contributed by atoms with van der Waals surface area (Å²) in [5.41, 5.74) is 3.42. The first kappa shape index (κ1) is 27.2. The largest absolute Gasteiger partial charge is 0.356 e. The van der Waals surface area contributed by atoms with E-state index in [0.717, 1.165) is 67.6 Å². The van der Waals surface area contributed by atoms with Crippen molar-refractivity contribution in [2.75, 3.05) is 19.6 Å². The van der Waals surface area contributed by atoms with Gasteiger partial charge in [0, 0.05) is 49.7 Å². The van der Waals surface area contributed by atoms with Gasteiger partial charge in [-0.2, -0.15) is 0 Å². The first-order chi connectivity index (χ1) is 18.0. The summed E-state index contributed by atoms with van der Waals surface area (Å²) < 4.78 is 2.08. The second-order valence-corrected chi connectivity index (χ2v) is 10.8. The van der Waals surface area contributed by atoms with Crippen molar-refractivity contribution < 1.29 is 9.59 Å². The monoisotopic (exact) mass is 539 g/mol. The molecular weight excluding hydrogens is 506 g/mol. The van der Waals surface area contributed by atoms with Gasteiger partial charge in [0.2, 0.25) is 11.8 Å². The lowest BCUT2D eigenvalue weighted by molar-refractivity contribution is -0.127. The van der Waals surface area contributed by atoms with E-state index in [-0.39, 0.29) is 11.8 Å². The third kappa shape index (κ3) is 8.07. The Morgan fingerprint density at radius 3 is 2.76 bits per heavy atom. The van der Waals surface area contributed by atoms with Crippen LogP contribution in [0.3, 0.4) is 0 Å². The number of aromatic nitrogens is 3. The molecule has 1 aliphatic rings. The number of nitrogens with one attached hydrogen (secondary N) is 1. The number of amides is 2. The van der Waals surface area contributed by atoms with Crippen molar-refractivity contribution in [3.8, 4) is 5.69 Å². The SMILES string of the molecule is Cc1cccc(CSc2nnc(CCCCC(=O)NCCCN3CCCC3=O)n2-c2cccc(Cl)c2)c1. The number of nitrogens with zero attached hydrogens (tertiary/aromatic N) is 4. The molecule has 0 atom stereocenters. The molecule has 2 aromatic carbocycles. The maximum atomic E-state index is 12.2. The van der Waals surface area contributed by atoms with E-state index in [0.29, 0.717) is 24.4 Å². The highest BCUT2D eigenvalue weighted by molar-refractivity contribution is 7.98. The number of unbranched alkanes of at least 4 members (excludes halogenated alkanes) is 1. The number of halogens is 1. The molecule has 0 bridgehead atoms. The molecule has 2 heterocycles. The van der Waals surface area contributed by atoms with Gasteiger partial charge >= 0.3 is 0 Å². The highest BCUT2D eigenvalue weighted by Gasteiger charge is 2.19. The van der Waals surface area contributed by atoms with Gasteiger partial charge in [-0.15, -0.1) is 10.2 Å². The van der Waals surface area contributed by atoms with Gasteiger partial charge in [0.05, 0.1) is 5.69 Å². The second kappa shape index (κ2) is 13.6. The topological polar surface area (TPSA) is 80.1 Å².